The second-order valence-corrected chi connectivity index (χ2v) is 5.67. The maximum Gasteiger partial charge on any atom is 0.243 e. The molecule has 0 fully saturated rings. The van der Waals surface area contributed by atoms with Gasteiger partial charge in [0.2, 0.25) is 12.3 Å². The van der Waals surface area contributed by atoms with Crippen molar-refractivity contribution in [3.63, 3.8) is 0 Å². The quantitative estimate of drug-likeness (QED) is 0.673. The highest BCUT2D eigenvalue weighted by molar-refractivity contribution is 6.42. The molecular weight excluding hydrogens is 327 g/mol. The van der Waals surface area contributed by atoms with Crippen LogP contribution in [0.15, 0.2) is 18.2 Å². The van der Waals surface area contributed by atoms with Gasteiger partial charge in [-0.2, -0.15) is 0 Å². The van der Waals surface area contributed by atoms with Gasteiger partial charge in [0, 0.05) is 13.5 Å². The Balaban J connectivity index is 2.76. The van der Waals surface area contributed by atoms with Crippen molar-refractivity contribution in [2.45, 2.75) is 31.8 Å². The van der Waals surface area contributed by atoms with E-state index in [1.54, 1.807) is 25.3 Å². The van der Waals surface area contributed by atoms with E-state index in [-0.39, 0.29) is 11.9 Å². The Morgan fingerprint density at radius 2 is 2.09 bits per heavy atom. The van der Waals surface area contributed by atoms with E-state index in [0.717, 1.165) is 12.0 Å². The smallest absolute Gasteiger partial charge is 0.243 e. The Hall–Kier alpha value is -1.30. The minimum atomic E-state index is -0.680. The molecule has 2 N–H and O–H groups in total. The largest absolute Gasteiger partial charge is 0.383 e. The predicted octanol–water partition coefficient (Wildman–Crippen LogP) is 2.19. The first kappa shape index (κ1) is 18.7. The van der Waals surface area contributed by atoms with Gasteiger partial charge in [-0.1, -0.05) is 36.2 Å². The Labute approximate surface area is 140 Å². The maximum absolute atomic E-state index is 12.3. The lowest BCUT2D eigenvalue weighted by Gasteiger charge is -2.21. The Kier molecular flexibility index (Phi) is 8.24. The average molecular weight is 347 g/mol. The van der Waals surface area contributed by atoms with Crippen LogP contribution in [0.4, 0.5) is 0 Å². The van der Waals surface area contributed by atoms with E-state index in [9.17, 15) is 9.59 Å². The fourth-order valence-electron chi connectivity index (χ4n) is 1.98. The Morgan fingerprint density at radius 3 is 2.64 bits per heavy atom. The molecule has 122 valence electrons. The second-order valence-electron chi connectivity index (χ2n) is 4.86. The van der Waals surface area contributed by atoms with Gasteiger partial charge < -0.3 is 15.4 Å². The van der Waals surface area contributed by atoms with Crippen molar-refractivity contribution in [1.29, 1.82) is 0 Å². The van der Waals surface area contributed by atoms with Crippen molar-refractivity contribution in [3.8, 4) is 0 Å². The van der Waals surface area contributed by atoms with Gasteiger partial charge in [0.25, 0.3) is 0 Å². The third kappa shape index (κ3) is 5.83. The molecule has 0 bridgehead atoms. The lowest BCUT2D eigenvalue weighted by Crippen LogP contribution is -2.49. The third-order valence-electron chi connectivity index (χ3n) is 3.22. The number of halogens is 2. The van der Waals surface area contributed by atoms with Crippen molar-refractivity contribution in [2.75, 3.05) is 13.7 Å². The van der Waals surface area contributed by atoms with Gasteiger partial charge in [-0.3, -0.25) is 9.59 Å². The summed E-state index contributed by atoms with van der Waals surface area (Å²) in [5.74, 6) is -0.262. The number of methoxy groups -OCH3 is 1. The number of ether oxygens (including phenoxy) is 1. The number of benzene rings is 1. The van der Waals surface area contributed by atoms with E-state index in [0.29, 0.717) is 29.5 Å². The van der Waals surface area contributed by atoms with Gasteiger partial charge in [0.1, 0.15) is 6.04 Å². The highest BCUT2D eigenvalue weighted by Crippen LogP contribution is 2.23. The minimum Gasteiger partial charge on any atom is -0.383 e. The summed E-state index contributed by atoms with van der Waals surface area (Å²) in [5, 5.41) is 6.24. The molecule has 2 amide bonds. The number of hydrogen-bond acceptors (Lipinski definition) is 3. The summed E-state index contributed by atoms with van der Waals surface area (Å²) in [6.07, 6.45) is 1.57. The molecule has 0 aliphatic heterocycles. The molecule has 1 aromatic carbocycles. The molecule has 1 aromatic rings. The molecule has 5 nitrogen and oxygen atoms in total. The molecule has 0 aliphatic carbocycles. The molecule has 0 aromatic heterocycles. The van der Waals surface area contributed by atoms with Crippen LogP contribution >= 0.6 is 23.2 Å². The van der Waals surface area contributed by atoms with Crippen molar-refractivity contribution >= 4 is 35.5 Å². The van der Waals surface area contributed by atoms with Crippen molar-refractivity contribution in [2.24, 2.45) is 0 Å². The van der Waals surface area contributed by atoms with Crippen LogP contribution in [0.1, 0.15) is 18.9 Å². The maximum atomic E-state index is 12.3. The summed E-state index contributed by atoms with van der Waals surface area (Å²) < 4.78 is 5.05. The summed E-state index contributed by atoms with van der Waals surface area (Å²) in [7, 11) is 1.58. The first-order valence-corrected chi connectivity index (χ1v) is 7.70. The molecule has 0 spiro atoms. The van der Waals surface area contributed by atoms with Crippen LogP contribution in [0, 0.1) is 0 Å². The van der Waals surface area contributed by atoms with Gasteiger partial charge in [-0.25, -0.2) is 0 Å². The zero-order valence-electron chi connectivity index (χ0n) is 12.6. The lowest BCUT2D eigenvalue weighted by molar-refractivity contribution is -0.126. The number of carbonyl (C=O) groups is 2. The van der Waals surface area contributed by atoms with E-state index in [1.165, 1.54) is 0 Å². The van der Waals surface area contributed by atoms with E-state index in [2.05, 4.69) is 10.6 Å². The third-order valence-corrected chi connectivity index (χ3v) is 3.96. The molecule has 0 radical (unpaired) electrons. The molecule has 7 heteroatoms. The molecule has 0 unspecified atom stereocenters. The van der Waals surface area contributed by atoms with Gasteiger partial charge in [-0.15, -0.1) is 0 Å². The van der Waals surface area contributed by atoms with Crippen molar-refractivity contribution in [1.82, 2.24) is 10.6 Å². The standard InChI is InChI=1S/C15H20Cl2N2O3/c1-3-11(8-22-2)19-15(21)14(18-9-20)7-10-4-5-12(16)13(17)6-10/h4-6,9,11,14H,3,7-8H2,1-2H3,(H,18,20)(H,19,21)/t11-,14+/m1/s1. The molecule has 0 saturated carbocycles. The fraction of sp³-hybridized carbons (Fsp3) is 0.467. The molecule has 22 heavy (non-hydrogen) atoms. The molecule has 0 heterocycles. The van der Waals surface area contributed by atoms with Crippen LogP contribution < -0.4 is 10.6 Å². The van der Waals surface area contributed by atoms with Crippen molar-refractivity contribution in [3.05, 3.63) is 33.8 Å². The normalized spacial score (nSPS) is 13.3. The average Bonchev–Trinajstić information content (AvgIpc) is 2.49. The number of rotatable bonds is 9. The van der Waals surface area contributed by atoms with Gasteiger partial charge >= 0.3 is 0 Å². The van der Waals surface area contributed by atoms with Crippen LogP contribution in [0.3, 0.4) is 0 Å². The predicted molar refractivity (Wildman–Crippen MR) is 87.3 cm³/mol. The van der Waals surface area contributed by atoms with Crippen LogP contribution in [0.5, 0.6) is 0 Å². The highest BCUT2D eigenvalue weighted by Gasteiger charge is 2.21. The summed E-state index contributed by atoms with van der Waals surface area (Å²) in [4.78, 5) is 23.0. The first-order chi connectivity index (χ1) is 10.5. The zero-order valence-corrected chi connectivity index (χ0v) is 14.1. The monoisotopic (exact) mass is 346 g/mol. The number of hydrogen-bond donors (Lipinski definition) is 2. The molecule has 0 aliphatic rings. The van der Waals surface area contributed by atoms with E-state index in [1.807, 2.05) is 6.92 Å². The summed E-state index contributed by atoms with van der Waals surface area (Å²) >= 11 is 11.8. The van der Waals surface area contributed by atoms with Crippen LogP contribution in [0.25, 0.3) is 0 Å². The van der Waals surface area contributed by atoms with E-state index in [4.69, 9.17) is 27.9 Å². The summed E-state index contributed by atoms with van der Waals surface area (Å²) in [6.45, 7) is 2.37. The number of nitrogens with one attached hydrogen (secondary N) is 2. The molecule has 0 saturated heterocycles. The van der Waals surface area contributed by atoms with Gasteiger partial charge in [-0.05, 0) is 24.1 Å². The van der Waals surface area contributed by atoms with Crippen LogP contribution in [0.2, 0.25) is 10.0 Å². The highest BCUT2D eigenvalue weighted by atomic mass is 35.5. The van der Waals surface area contributed by atoms with E-state index >= 15 is 0 Å². The van der Waals surface area contributed by atoms with Gasteiger partial charge in [0.15, 0.2) is 0 Å². The summed E-state index contributed by atoms with van der Waals surface area (Å²) in [5.41, 5.74) is 0.809. The van der Waals surface area contributed by atoms with Crippen molar-refractivity contribution < 1.29 is 14.3 Å². The summed E-state index contributed by atoms with van der Waals surface area (Å²) in [6, 6.07) is 4.34. The lowest BCUT2D eigenvalue weighted by atomic mass is 10.0. The minimum absolute atomic E-state index is 0.0951. The Morgan fingerprint density at radius 1 is 1.36 bits per heavy atom. The van der Waals surface area contributed by atoms with Crippen LogP contribution in [-0.4, -0.2) is 38.1 Å². The fourth-order valence-corrected chi connectivity index (χ4v) is 2.30. The topological polar surface area (TPSA) is 67.4 Å². The van der Waals surface area contributed by atoms with E-state index < -0.39 is 6.04 Å². The van der Waals surface area contributed by atoms with Gasteiger partial charge in [0.05, 0.1) is 22.7 Å². The molecule has 1 rings (SSSR count). The SMILES string of the molecule is CC[C@H](COC)NC(=O)[C@H](Cc1ccc(Cl)c(Cl)c1)NC=O. The zero-order chi connectivity index (χ0) is 16.5. The first-order valence-electron chi connectivity index (χ1n) is 6.94. The number of amides is 2. The number of carbonyl (C=O) groups excluding carboxylic acids is 2. The van der Waals surface area contributed by atoms with Crippen LogP contribution in [-0.2, 0) is 20.7 Å². The molecule has 2 atom stereocenters. The second kappa shape index (κ2) is 9.66. The Bertz CT molecular complexity index is 512. The molecular formula is C15H20Cl2N2O3.